The van der Waals surface area contributed by atoms with Crippen LogP contribution in [0.5, 0.6) is 11.5 Å². The van der Waals surface area contributed by atoms with Crippen LogP contribution in [0.2, 0.25) is 0 Å². The van der Waals surface area contributed by atoms with Crippen molar-refractivity contribution in [1.29, 1.82) is 0 Å². The van der Waals surface area contributed by atoms with Crippen molar-refractivity contribution in [3.05, 3.63) is 53.9 Å². The van der Waals surface area contributed by atoms with E-state index in [1.54, 1.807) is 18.0 Å². The van der Waals surface area contributed by atoms with Crippen molar-refractivity contribution >= 4 is 17.7 Å². The molecule has 2 heterocycles. The number of hydrogen-bond acceptors (Lipinski definition) is 5. The van der Waals surface area contributed by atoms with Crippen LogP contribution >= 0.6 is 11.8 Å². The van der Waals surface area contributed by atoms with E-state index in [4.69, 9.17) is 9.47 Å². The molecule has 1 aliphatic heterocycles. The van der Waals surface area contributed by atoms with E-state index in [2.05, 4.69) is 10.3 Å². The zero-order valence-electron chi connectivity index (χ0n) is 12.7. The highest BCUT2D eigenvalue weighted by Crippen LogP contribution is 2.32. The first-order valence-electron chi connectivity index (χ1n) is 7.44. The molecule has 1 amide bonds. The fourth-order valence-corrected chi connectivity index (χ4v) is 2.99. The predicted molar refractivity (Wildman–Crippen MR) is 89.7 cm³/mol. The van der Waals surface area contributed by atoms with Gasteiger partial charge in [-0.25, -0.2) is 0 Å². The molecule has 6 heteroatoms. The van der Waals surface area contributed by atoms with Gasteiger partial charge in [0, 0.05) is 18.5 Å². The van der Waals surface area contributed by atoms with Gasteiger partial charge in [-0.15, -0.1) is 11.8 Å². The van der Waals surface area contributed by atoms with Gasteiger partial charge in [0.15, 0.2) is 11.5 Å². The summed E-state index contributed by atoms with van der Waals surface area (Å²) in [4.78, 5) is 16.0. The molecule has 5 nitrogen and oxygen atoms in total. The van der Waals surface area contributed by atoms with Crippen LogP contribution in [0.25, 0.3) is 0 Å². The second-order valence-corrected chi connectivity index (χ2v) is 6.09. The first-order valence-corrected chi connectivity index (χ1v) is 8.59. The van der Waals surface area contributed by atoms with Gasteiger partial charge < -0.3 is 14.8 Å². The third-order valence-electron chi connectivity index (χ3n) is 3.38. The van der Waals surface area contributed by atoms with Crippen LogP contribution in [-0.4, -0.2) is 30.0 Å². The maximum atomic E-state index is 11.8. The first kappa shape index (κ1) is 15.7. The number of pyridine rings is 1. The summed E-state index contributed by atoms with van der Waals surface area (Å²) >= 11 is 1.57. The Morgan fingerprint density at radius 2 is 2.13 bits per heavy atom. The molecule has 0 aliphatic carbocycles. The molecular weight excluding hydrogens is 312 g/mol. The van der Waals surface area contributed by atoms with Crippen molar-refractivity contribution in [2.45, 2.75) is 12.2 Å². The number of aromatic nitrogens is 1. The highest BCUT2D eigenvalue weighted by atomic mass is 32.2. The number of fused-ring (bicyclic) bond motifs is 1. The summed E-state index contributed by atoms with van der Waals surface area (Å²) in [6, 6.07) is 11.7. The number of thioether (sulfide) groups is 1. The van der Waals surface area contributed by atoms with Crippen LogP contribution in [-0.2, 0) is 17.0 Å². The highest BCUT2D eigenvalue weighted by Gasteiger charge is 2.13. The van der Waals surface area contributed by atoms with Crippen LogP contribution in [0.1, 0.15) is 11.3 Å². The molecule has 0 fully saturated rings. The van der Waals surface area contributed by atoms with E-state index in [0.717, 1.165) is 34.9 Å². The van der Waals surface area contributed by atoms with Gasteiger partial charge in [0.1, 0.15) is 0 Å². The van der Waals surface area contributed by atoms with E-state index in [-0.39, 0.29) is 12.7 Å². The van der Waals surface area contributed by atoms with Crippen molar-refractivity contribution in [3.63, 3.8) is 0 Å². The molecule has 3 rings (SSSR count). The van der Waals surface area contributed by atoms with Crippen molar-refractivity contribution in [3.8, 4) is 11.5 Å². The highest BCUT2D eigenvalue weighted by molar-refractivity contribution is 7.99. The first-order chi connectivity index (χ1) is 11.3. The Labute approximate surface area is 139 Å². The van der Waals surface area contributed by atoms with Gasteiger partial charge in [-0.3, -0.25) is 9.78 Å². The molecule has 1 N–H and O–H groups in total. The predicted octanol–water partition coefficient (Wildman–Crippen LogP) is 2.40. The molecule has 0 unspecified atom stereocenters. The molecule has 0 bridgehead atoms. The number of carbonyl (C=O) groups is 1. The molecule has 1 aliphatic rings. The number of carbonyl (C=O) groups excluding carboxylic acids is 1. The number of rotatable bonds is 7. The lowest BCUT2D eigenvalue weighted by Crippen LogP contribution is -2.27. The number of hydrogen-bond donors (Lipinski definition) is 1. The number of benzene rings is 1. The third-order valence-corrected chi connectivity index (χ3v) is 4.35. The van der Waals surface area contributed by atoms with Crippen LogP contribution in [0.4, 0.5) is 0 Å². The summed E-state index contributed by atoms with van der Waals surface area (Å²) in [5.74, 6) is 2.80. The second kappa shape index (κ2) is 7.87. The van der Waals surface area contributed by atoms with E-state index in [1.807, 2.05) is 36.4 Å². The average molecular weight is 330 g/mol. The van der Waals surface area contributed by atoms with Crippen LogP contribution in [0.3, 0.4) is 0 Å². The van der Waals surface area contributed by atoms with Gasteiger partial charge in [0.25, 0.3) is 0 Å². The SMILES string of the molecule is O=C(CSCc1ccccn1)NCCc1ccc2c(c1)OCO2. The Balaban J connectivity index is 1.34. The Morgan fingerprint density at radius 1 is 1.22 bits per heavy atom. The van der Waals surface area contributed by atoms with Gasteiger partial charge in [-0.2, -0.15) is 0 Å². The molecule has 0 radical (unpaired) electrons. The molecule has 0 spiro atoms. The number of ether oxygens (including phenoxy) is 2. The summed E-state index contributed by atoms with van der Waals surface area (Å²) in [5, 5.41) is 2.93. The van der Waals surface area contributed by atoms with Crippen molar-refractivity contribution in [1.82, 2.24) is 10.3 Å². The molecule has 2 aromatic rings. The normalized spacial score (nSPS) is 12.2. The quantitative estimate of drug-likeness (QED) is 0.845. The zero-order valence-corrected chi connectivity index (χ0v) is 13.5. The Kier molecular flexibility index (Phi) is 5.37. The minimum Gasteiger partial charge on any atom is -0.454 e. The largest absolute Gasteiger partial charge is 0.454 e. The molecule has 23 heavy (non-hydrogen) atoms. The minimum atomic E-state index is 0.0478. The van der Waals surface area contributed by atoms with Crippen molar-refractivity contribution in [2.24, 2.45) is 0 Å². The second-order valence-electron chi connectivity index (χ2n) is 5.10. The molecule has 0 saturated heterocycles. The van der Waals surface area contributed by atoms with Crippen LogP contribution < -0.4 is 14.8 Å². The summed E-state index contributed by atoms with van der Waals surface area (Å²) in [6.45, 7) is 0.894. The maximum absolute atomic E-state index is 11.8. The van der Waals surface area contributed by atoms with E-state index in [9.17, 15) is 4.79 Å². The summed E-state index contributed by atoms with van der Waals surface area (Å²) in [7, 11) is 0. The van der Waals surface area contributed by atoms with Gasteiger partial charge in [-0.1, -0.05) is 12.1 Å². The molecule has 1 aromatic carbocycles. The van der Waals surface area contributed by atoms with Crippen LogP contribution in [0.15, 0.2) is 42.6 Å². The number of amides is 1. The maximum Gasteiger partial charge on any atom is 0.231 e. The average Bonchev–Trinajstić information content (AvgIpc) is 3.03. The third kappa shape index (κ3) is 4.63. The smallest absolute Gasteiger partial charge is 0.231 e. The summed E-state index contributed by atoms with van der Waals surface area (Å²) < 4.78 is 10.6. The molecular formula is C17H18N2O3S. The Hall–Kier alpha value is -2.21. The fourth-order valence-electron chi connectivity index (χ4n) is 2.23. The van der Waals surface area contributed by atoms with Gasteiger partial charge >= 0.3 is 0 Å². The summed E-state index contributed by atoms with van der Waals surface area (Å²) in [6.07, 6.45) is 2.54. The topological polar surface area (TPSA) is 60.5 Å². The van der Waals surface area contributed by atoms with Gasteiger partial charge in [0.05, 0.1) is 11.4 Å². The van der Waals surface area contributed by atoms with Gasteiger partial charge in [-0.05, 0) is 36.2 Å². The number of nitrogens with one attached hydrogen (secondary N) is 1. The van der Waals surface area contributed by atoms with E-state index >= 15 is 0 Å². The summed E-state index contributed by atoms with van der Waals surface area (Å²) in [5.41, 5.74) is 2.11. The monoisotopic (exact) mass is 330 g/mol. The fraction of sp³-hybridized carbons (Fsp3) is 0.294. The van der Waals surface area contributed by atoms with Crippen molar-refractivity contribution in [2.75, 3.05) is 19.1 Å². The lowest BCUT2D eigenvalue weighted by Gasteiger charge is -2.06. The lowest BCUT2D eigenvalue weighted by molar-refractivity contribution is -0.118. The van der Waals surface area contributed by atoms with E-state index in [1.165, 1.54) is 0 Å². The lowest BCUT2D eigenvalue weighted by atomic mass is 10.1. The Morgan fingerprint density at radius 3 is 3.00 bits per heavy atom. The van der Waals surface area contributed by atoms with Gasteiger partial charge in [0.2, 0.25) is 12.7 Å². The Bertz CT molecular complexity index is 664. The molecule has 0 saturated carbocycles. The molecule has 0 atom stereocenters. The number of nitrogens with zero attached hydrogens (tertiary/aromatic N) is 1. The minimum absolute atomic E-state index is 0.0478. The van der Waals surface area contributed by atoms with E-state index < -0.39 is 0 Å². The van der Waals surface area contributed by atoms with Crippen LogP contribution in [0, 0.1) is 0 Å². The standard InChI is InChI=1S/C17H18N2O3S/c20-17(11-23-10-14-3-1-2-7-18-14)19-8-6-13-4-5-15-16(9-13)22-12-21-15/h1-5,7,9H,6,8,10-12H2,(H,19,20). The van der Waals surface area contributed by atoms with Crippen molar-refractivity contribution < 1.29 is 14.3 Å². The zero-order chi connectivity index (χ0) is 15.9. The molecule has 120 valence electrons. The van der Waals surface area contributed by atoms with E-state index in [0.29, 0.717) is 12.3 Å². The molecule has 1 aromatic heterocycles.